The number of nitrogens with one attached hydrogen (secondary N) is 2. The summed E-state index contributed by atoms with van der Waals surface area (Å²) in [6, 6.07) is 19.8. The Morgan fingerprint density at radius 1 is 1.00 bits per heavy atom. The molecule has 41 heavy (non-hydrogen) atoms. The predicted molar refractivity (Wildman–Crippen MR) is 158 cm³/mol. The molecule has 3 heterocycles. The Bertz CT molecular complexity index is 1820. The lowest BCUT2D eigenvalue weighted by Gasteiger charge is -2.29. The summed E-state index contributed by atoms with van der Waals surface area (Å²) in [5.74, 6) is -0.623. The van der Waals surface area contributed by atoms with Gasteiger partial charge in [-0.3, -0.25) is 14.6 Å². The van der Waals surface area contributed by atoms with E-state index in [1.54, 1.807) is 6.20 Å². The number of nitrogens with zero attached hydrogens (tertiary/aromatic N) is 3. The number of fused-ring (bicyclic) bond motifs is 4. The minimum Gasteiger partial charge on any atom is -0.378 e. The lowest BCUT2D eigenvalue weighted by atomic mass is 9.92. The van der Waals surface area contributed by atoms with Gasteiger partial charge in [0.2, 0.25) is 0 Å². The van der Waals surface area contributed by atoms with E-state index in [1.807, 2.05) is 49.4 Å². The van der Waals surface area contributed by atoms with Gasteiger partial charge in [-0.05, 0) is 70.6 Å². The highest BCUT2D eigenvalue weighted by atomic mass is 16.5. The van der Waals surface area contributed by atoms with Gasteiger partial charge in [0, 0.05) is 42.6 Å². The van der Waals surface area contributed by atoms with Gasteiger partial charge in [0.1, 0.15) is 5.69 Å². The van der Waals surface area contributed by atoms with Crippen molar-refractivity contribution in [3.63, 3.8) is 0 Å². The zero-order chi connectivity index (χ0) is 28.1. The summed E-state index contributed by atoms with van der Waals surface area (Å²) in [4.78, 5) is 39.9. The van der Waals surface area contributed by atoms with Gasteiger partial charge in [-0.2, -0.15) is 0 Å². The number of imidazole rings is 1. The van der Waals surface area contributed by atoms with E-state index in [9.17, 15) is 9.59 Å². The number of morpholine rings is 1. The number of para-hydroxylation sites is 2. The fourth-order valence-corrected chi connectivity index (χ4v) is 5.93. The number of pyridine rings is 1. The second-order valence-corrected chi connectivity index (χ2v) is 10.4. The number of carbonyl (C=O) groups is 2. The Labute approximate surface area is 236 Å². The molecule has 1 aliphatic carbocycles. The molecule has 204 valence electrons. The summed E-state index contributed by atoms with van der Waals surface area (Å²) in [5, 5.41) is 3.01. The van der Waals surface area contributed by atoms with Crippen molar-refractivity contribution in [3.05, 3.63) is 95.1 Å². The number of ether oxygens (including phenoxy) is 1. The number of amides is 2. The number of hydrogen-bond donors (Lipinski definition) is 3. The summed E-state index contributed by atoms with van der Waals surface area (Å²) in [6.07, 6.45) is 2.29. The van der Waals surface area contributed by atoms with E-state index in [-0.39, 0.29) is 11.7 Å². The molecule has 1 saturated heterocycles. The van der Waals surface area contributed by atoms with Gasteiger partial charge in [-0.25, -0.2) is 4.98 Å². The fraction of sp³-hybridized carbons (Fsp3) is 0.188. The Hall–Kier alpha value is -5.02. The van der Waals surface area contributed by atoms with Gasteiger partial charge in [-0.15, -0.1) is 0 Å². The third-order valence-corrected chi connectivity index (χ3v) is 7.99. The number of benzene rings is 3. The standard InChI is InChI=1S/C32H28N6O3/c1-18-21(5-4-8-25(18)37-32(40)31-35-26-6-2-3-7-27(26)36-31)24-17-34-29(30(33)39)23-16-19-15-20(9-10-22(19)28(23)24)38-11-13-41-14-12-38/h2-10,15,17H,11-14,16H2,1H3,(H2,33,39)(H,35,36)(H,37,40). The summed E-state index contributed by atoms with van der Waals surface area (Å²) in [6.45, 7) is 5.07. The molecule has 4 N–H and O–H groups in total. The van der Waals surface area contributed by atoms with Gasteiger partial charge in [0.25, 0.3) is 11.8 Å². The molecule has 5 aromatic rings. The van der Waals surface area contributed by atoms with Crippen LogP contribution < -0.4 is 16.0 Å². The van der Waals surface area contributed by atoms with Crippen molar-refractivity contribution in [2.75, 3.05) is 36.5 Å². The number of nitrogens with two attached hydrogens (primary N) is 1. The highest BCUT2D eigenvalue weighted by Gasteiger charge is 2.29. The molecule has 9 heteroatoms. The zero-order valence-corrected chi connectivity index (χ0v) is 22.5. The molecule has 0 spiro atoms. The maximum absolute atomic E-state index is 13.1. The van der Waals surface area contributed by atoms with Crippen LogP contribution in [-0.2, 0) is 11.2 Å². The van der Waals surface area contributed by atoms with Crippen molar-refractivity contribution in [1.29, 1.82) is 0 Å². The Kier molecular flexibility index (Phi) is 6.01. The second-order valence-electron chi connectivity index (χ2n) is 10.4. The maximum atomic E-state index is 13.1. The molecule has 0 bridgehead atoms. The Morgan fingerprint density at radius 2 is 1.83 bits per heavy atom. The Morgan fingerprint density at radius 3 is 2.63 bits per heavy atom. The number of aromatic nitrogens is 3. The van der Waals surface area contributed by atoms with Crippen LogP contribution in [0.5, 0.6) is 0 Å². The van der Waals surface area contributed by atoms with Crippen LogP contribution in [0.3, 0.4) is 0 Å². The van der Waals surface area contributed by atoms with Crippen LogP contribution in [0.25, 0.3) is 33.3 Å². The average Bonchev–Trinajstić information content (AvgIpc) is 3.60. The second kappa shape index (κ2) is 9.87. The van der Waals surface area contributed by atoms with Crippen molar-refractivity contribution in [2.24, 2.45) is 5.73 Å². The van der Waals surface area contributed by atoms with Gasteiger partial charge in [0.05, 0.1) is 24.2 Å². The fourth-order valence-electron chi connectivity index (χ4n) is 5.93. The molecule has 3 aromatic carbocycles. The van der Waals surface area contributed by atoms with Gasteiger partial charge in [-0.1, -0.05) is 30.3 Å². The quantitative estimate of drug-likeness (QED) is 0.289. The summed E-state index contributed by atoms with van der Waals surface area (Å²) in [7, 11) is 0. The normalized spacial score (nSPS) is 14.1. The molecule has 0 unspecified atom stereocenters. The number of primary amides is 1. The van der Waals surface area contributed by atoms with Crippen LogP contribution in [-0.4, -0.2) is 53.1 Å². The lowest BCUT2D eigenvalue weighted by molar-refractivity contribution is 0.0992. The molecule has 2 aliphatic rings. The molecule has 0 atom stereocenters. The molecule has 1 aliphatic heterocycles. The number of carbonyl (C=O) groups excluding carboxylic acids is 2. The molecule has 9 nitrogen and oxygen atoms in total. The minimum atomic E-state index is -0.544. The molecular formula is C32H28N6O3. The summed E-state index contributed by atoms with van der Waals surface area (Å²) >= 11 is 0. The minimum absolute atomic E-state index is 0.245. The first-order chi connectivity index (χ1) is 20.0. The summed E-state index contributed by atoms with van der Waals surface area (Å²) < 4.78 is 5.52. The molecule has 1 fully saturated rings. The highest BCUT2D eigenvalue weighted by molar-refractivity contribution is 6.05. The number of hydrogen-bond acceptors (Lipinski definition) is 6. The monoisotopic (exact) mass is 544 g/mol. The molecule has 0 radical (unpaired) electrons. The predicted octanol–water partition coefficient (Wildman–Crippen LogP) is 4.69. The smallest absolute Gasteiger partial charge is 0.291 e. The third kappa shape index (κ3) is 4.31. The molecule has 2 amide bonds. The molecule has 0 saturated carbocycles. The van der Waals surface area contributed by atoms with Crippen LogP contribution in [0, 0.1) is 6.92 Å². The van der Waals surface area contributed by atoms with E-state index in [0.717, 1.165) is 68.8 Å². The van der Waals surface area contributed by atoms with Crippen molar-refractivity contribution in [3.8, 4) is 22.3 Å². The number of rotatable bonds is 5. The molecule has 7 rings (SSSR count). The molecular weight excluding hydrogens is 516 g/mol. The number of aromatic amines is 1. The SMILES string of the molecule is Cc1c(NC(=O)c2nc3ccccc3[nH]2)cccc1-c1cnc(C(N)=O)c2c1-c1ccc(N3CCOCC3)cc1C2. The molecule has 2 aromatic heterocycles. The number of anilines is 2. The van der Waals surface area contributed by atoms with Gasteiger partial charge >= 0.3 is 0 Å². The van der Waals surface area contributed by atoms with Crippen LogP contribution in [0.4, 0.5) is 11.4 Å². The average molecular weight is 545 g/mol. The third-order valence-electron chi connectivity index (χ3n) is 7.99. The van der Waals surface area contributed by atoms with Crippen molar-refractivity contribution in [2.45, 2.75) is 13.3 Å². The van der Waals surface area contributed by atoms with Crippen LogP contribution in [0.1, 0.15) is 37.8 Å². The van der Waals surface area contributed by atoms with E-state index in [1.165, 1.54) is 0 Å². The van der Waals surface area contributed by atoms with Gasteiger partial charge < -0.3 is 25.7 Å². The first-order valence-electron chi connectivity index (χ1n) is 13.6. The van der Waals surface area contributed by atoms with Crippen LogP contribution >= 0.6 is 0 Å². The Balaban J connectivity index is 1.28. The maximum Gasteiger partial charge on any atom is 0.291 e. The number of H-pyrrole nitrogens is 1. The summed E-state index contributed by atoms with van der Waals surface area (Å²) in [5.41, 5.74) is 16.1. The van der Waals surface area contributed by atoms with Crippen LogP contribution in [0.2, 0.25) is 0 Å². The van der Waals surface area contributed by atoms with E-state index in [0.29, 0.717) is 31.0 Å². The van der Waals surface area contributed by atoms with E-state index in [2.05, 4.69) is 43.4 Å². The first-order valence-corrected chi connectivity index (χ1v) is 13.6. The van der Waals surface area contributed by atoms with Crippen molar-refractivity contribution < 1.29 is 14.3 Å². The van der Waals surface area contributed by atoms with Crippen molar-refractivity contribution >= 4 is 34.2 Å². The highest BCUT2D eigenvalue weighted by Crippen LogP contribution is 2.46. The van der Waals surface area contributed by atoms with Crippen LogP contribution in [0.15, 0.2) is 66.9 Å². The van der Waals surface area contributed by atoms with Gasteiger partial charge in [0.15, 0.2) is 5.82 Å². The van der Waals surface area contributed by atoms with E-state index in [4.69, 9.17) is 10.5 Å². The zero-order valence-electron chi connectivity index (χ0n) is 22.5. The van der Waals surface area contributed by atoms with E-state index < -0.39 is 5.91 Å². The lowest BCUT2D eigenvalue weighted by Crippen LogP contribution is -2.36. The topological polar surface area (TPSA) is 126 Å². The van der Waals surface area contributed by atoms with E-state index >= 15 is 0 Å². The first kappa shape index (κ1) is 25.0. The largest absolute Gasteiger partial charge is 0.378 e. The van der Waals surface area contributed by atoms with Crippen molar-refractivity contribution in [1.82, 2.24) is 15.0 Å².